The summed E-state index contributed by atoms with van der Waals surface area (Å²) in [7, 11) is 0. The highest BCUT2D eigenvalue weighted by Gasteiger charge is 2.12. The van der Waals surface area contributed by atoms with Crippen LogP contribution in [-0.4, -0.2) is 40.2 Å². The fourth-order valence-corrected chi connectivity index (χ4v) is 2.59. The lowest BCUT2D eigenvalue weighted by Crippen LogP contribution is -2.16. The molecule has 10 heteroatoms. The number of halogens is 1. The quantitative estimate of drug-likeness (QED) is 0.551. The second-order valence-electron chi connectivity index (χ2n) is 5.77. The van der Waals surface area contributed by atoms with Gasteiger partial charge in [-0.25, -0.2) is 9.67 Å². The SMILES string of the molecule is O=C(Nc1ncn(Cc2ccc(Cl)cc2)n1)c1ccn(Cn2cccn2)n1. The van der Waals surface area contributed by atoms with Crippen molar-refractivity contribution in [3.8, 4) is 0 Å². The van der Waals surface area contributed by atoms with Gasteiger partial charge in [-0.2, -0.15) is 10.2 Å². The van der Waals surface area contributed by atoms with Crippen molar-refractivity contribution >= 4 is 23.5 Å². The molecule has 1 aromatic carbocycles. The van der Waals surface area contributed by atoms with Crippen LogP contribution in [0.15, 0.2) is 61.3 Å². The van der Waals surface area contributed by atoms with Crippen LogP contribution in [0.5, 0.6) is 0 Å². The van der Waals surface area contributed by atoms with Crippen LogP contribution in [0, 0.1) is 0 Å². The number of hydrogen-bond acceptors (Lipinski definition) is 5. The van der Waals surface area contributed by atoms with Crippen LogP contribution in [0.2, 0.25) is 5.02 Å². The van der Waals surface area contributed by atoms with Crippen LogP contribution in [0.4, 0.5) is 5.95 Å². The molecule has 4 rings (SSSR count). The molecule has 1 amide bonds. The van der Waals surface area contributed by atoms with E-state index in [0.29, 0.717) is 18.2 Å². The van der Waals surface area contributed by atoms with Crippen LogP contribution in [0.3, 0.4) is 0 Å². The molecule has 0 bridgehead atoms. The number of rotatable bonds is 6. The third-order valence-electron chi connectivity index (χ3n) is 3.74. The maximum Gasteiger partial charge on any atom is 0.278 e. The van der Waals surface area contributed by atoms with Crippen molar-refractivity contribution in [3.05, 3.63) is 77.6 Å². The van der Waals surface area contributed by atoms with E-state index in [2.05, 4.69) is 25.6 Å². The first-order valence-corrected chi connectivity index (χ1v) is 8.50. The molecule has 136 valence electrons. The number of amides is 1. The molecule has 0 saturated heterocycles. The Balaban J connectivity index is 1.38. The maximum atomic E-state index is 12.3. The Morgan fingerprint density at radius 3 is 2.67 bits per heavy atom. The van der Waals surface area contributed by atoms with E-state index in [0.717, 1.165) is 5.56 Å². The van der Waals surface area contributed by atoms with Crippen LogP contribution in [-0.2, 0) is 13.2 Å². The topological polar surface area (TPSA) is 95.5 Å². The zero-order chi connectivity index (χ0) is 18.6. The molecule has 3 aromatic heterocycles. The molecule has 3 heterocycles. The predicted octanol–water partition coefficient (Wildman–Crippen LogP) is 2.13. The van der Waals surface area contributed by atoms with E-state index in [4.69, 9.17) is 11.6 Å². The zero-order valence-electron chi connectivity index (χ0n) is 14.1. The van der Waals surface area contributed by atoms with Gasteiger partial charge in [0.25, 0.3) is 5.91 Å². The van der Waals surface area contributed by atoms with Gasteiger partial charge in [-0.3, -0.25) is 19.5 Å². The summed E-state index contributed by atoms with van der Waals surface area (Å²) < 4.78 is 4.96. The molecule has 0 saturated carbocycles. The average Bonchev–Trinajstić information content (AvgIpc) is 3.40. The van der Waals surface area contributed by atoms with E-state index in [1.807, 2.05) is 36.5 Å². The summed E-state index contributed by atoms with van der Waals surface area (Å²) in [5, 5.41) is 15.9. The van der Waals surface area contributed by atoms with Gasteiger partial charge in [0.05, 0.1) is 6.54 Å². The third kappa shape index (κ3) is 4.21. The maximum absolute atomic E-state index is 12.3. The predicted molar refractivity (Wildman–Crippen MR) is 98.4 cm³/mol. The van der Waals surface area contributed by atoms with Gasteiger partial charge in [0.15, 0.2) is 5.69 Å². The molecular formula is C17H15ClN8O. The largest absolute Gasteiger partial charge is 0.288 e. The molecule has 0 unspecified atom stereocenters. The van der Waals surface area contributed by atoms with E-state index in [1.54, 1.807) is 38.8 Å². The van der Waals surface area contributed by atoms with Crippen molar-refractivity contribution in [1.29, 1.82) is 0 Å². The van der Waals surface area contributed by atoms with E-state index in [-0.39, 0.29) is 17.5 Å². The molecule has 4 aromatic rings. The molecule has 0 radical (unpaired) electrons. The molecule has 0 aliphatic heterocycles. The second-order valence-corrected chi connectivity index (χ2v) is 6.21. The minimum atomic E-state index is -0.376. The number of nitrogens with zero attached hydrogens (tertiary/aromatic N) is 7. The lowest BCUT2D eigenvalue weighted by molar-refractivity contribution is 0.102. The van der Waals surface area contributed by atoms with Gasteiger partial charge < -0.3 is 0 Å². The number of benzene rings is 1. The smallest absolute Gasteiger partial charge is 0.278 e. The van der Waals surface area contributed by atoms with Crippen molar-refractivity contribution in [3.63, 3.8) is 0 Å². The molecule has 9 nitrogen and oxygen atoms in total. The Morgan fingerprint density at radius 1 is 1.04 bits per heavy atom. The van der Waals surface area contributed by atoms with Gasteiger partial charge in [-0.05, 0) is 29.8 Å². The Hall–Kier alpha value is -3.46. The first kappa shape index (κ1) is 17.0. The number of carbonyl (C=O) groups excluding carboxylic acids is 1. The summed E-state index contributed by atoms with van der Waals surface area (Å²) in [6, 6.07) is 10.9. The van der Waals surface area contributed by atoms with E-state index in [1.165, 1.54) is 0 Å². The fourth-order valence-electron chi connectivity index (χ4n) is 2.46. The number of hydrogen-bond donors (Lipinski definition) is 1. The molecule has 0 aliphatic rings. The first-order valence-electron chi connectivity index (χ1n) is 8.12. The highest BCUT2D eigenvalue weighted by atomic mass is 35.5. The lowest BCUT2D eigenvalue weighted by Gasteiger charge is -2.02. The van der Waals surface area contributed by atoms with Gasteiger partial charge >= 0.3 is 0 Å². The van der Waals surface area contributed by atoms with Crippen molar-refractivity contribution in [2.45, 2.75) is 13.2 Å². The third-order valence-corrected chi connectivity index (χ3v) is 3.99. The fraction of sp³-hybridized carbons (Fsp3) is 0.118. The molecule has 27 heavy (non-hydrogen) atoms. The van der Waals surface area contributed by atoms with Gasteiger partial charge in [0.1, 0.15) is 13.0 Å². The van der Waals surface area contributed by atoms with Crippen molar-refractivity contribution in [2.75, 3.05) is 5.32 Å². The summed E-state index contributed by atoms with van der Waals surface area (Å²) in [4.78, 5) is 16.4. The van der Waals surface area contributed by atoms with Crippen molar-refractivity contribution in [2.24, 2.45) is 0 Å². The highest BCUT2D eigenvalue weighted by molar-refractivity contribution is 6.30. The Bertz CT molecular complexity index is 1040. The van der Waals surface area contributed by atoms with E-state index in [9.17, 15) is 4.79 Å². The minimum absolute atomic E-state index is 0.218. The Kier molecular flexibility index (Phi) is 4.67. The van der Waals surface area contributed by atoms with E-state index >= 15 is 0 Å². The van der Waals surface area contributed by atoms with Gasteiger partial charge in [0.2, 0.25) is 5.95 Å². The minimum Gasteiger partial charge on any atom is -0.288 e. The molecular weight excluding hydrogens is 368 g/mol. The monoisotopic (exact) mass is 382 g/mol. The van der Waals surface area contributed by atoms with Gasteiger partial charge in [-0.15, -0.1) is 5.10 Å². The van der Waals surface area contributed by atoms with Gasteiger partial charge in [0, 0.05) is 23.6 Å². The summed E-state index contributed by atoms with van der Waals surface area (Å²) in [5.41, 5.74) is 1.30. The number of aromatic nitrogens is 7. The average molecular weight is 383 g/mol. The van der Waals surface area contributed by atoms with Crippen LogP contribution < -0.4 is 5.32 Å². The molecule has 1 N–H and O–H groups in total. The summed E-state index contributed by atoms with van der Waals surface area (Å²) in [6.45, 7) is 0.951. The molecule has 0 spiro atoms. The summed E-state index contributed by atoms with van der Waals surface area (Å²) in [5.74, 6) is -0.158. The van der Waals surface area contributed by atoms with Crippen LogP contribution in [0.25, 0.3) is 0 Å². The van der Waals surface area contributed by atoms with Crippen LogP contribution in [0.1, 0.15) is 16.1 Å². The number of anilines is 1. The first-order chi connectivity index (χ1) is 13.2. The Morgan fingerprint density at radius 2 is 1.89 bits per heavy atom. The normalized spacial score (nSPS) is 10.9. The summed E-state index contributed by atoms with van der Waals surface area (Å²) in [6.07, 6.45) is 6.77. The summed E-state index contributed by atoms with van der Waals surface area (Å²) >= 11 is 5.88. The van der Waals surface area contributed by atoms with Crippen molar-refractivity contribution in [1.82, 2.24) is 34.3 Å². The van der Waals surface area contributed by atoms with E-state index < -0.39 is 0 Å². The second kappa shape index (κ2) is 7.42. The molecule has 0 aliphatic carbocycles. The number of carbonyl (C=O) groups is 1. The zero-order valence-corrected chi connectivity index (χ0v) is 14.9. The van der Waals surface area contributed by atoms with Gasteiger partial charge in [-0.1, -0.05) is 23.7 Å². The highest BCUT2D eigenvalue weighted by Crippen LogP contribution is 2.11. The Labute approximate surface area is 159 Å². The molecule has 0 fully saturated rings. The lowest BCUT2D eigenvalue weighted by atomic mass is 10.2. The van der Waals surface area contributed by atoms with Crippen LogP contribution >= 0.6 is 11.6 Å². The molecule has 0 atom stereocenters. The number of nitrogens with one attached hydrogen (secondary N) is 1. The standard InChI is InChI=1S/C17H15ClN8O/c18-14-4-2-13(3-5-14)10-26-11-19-17(23-26)21-16(27)15-6-9-25(22-15)12-24-8-1-7-20-24/h1-9,11H,10,12H2,(H,21,23,27). The van der Waals surface area contributed by atoms with Crippen molar-refractivity contribution < 1.29 is 4.79 Å².